The molecule has 0 spiro atoms. The summed E-state index contributed by atoms with van der Waals surface area (Å²) in [6, 6.07) is 10.7. The van der Waals surface area contributed by atoms with E-state index in [2.05, 4.69) is 4.99 Å². The number of aliphatic imine (C=N–C) groups is 1. The van der Waals surface area contributed by atoms with Gasteiger partial charge in [0.2, 0.25) is 5.43 Å². The average molecular weight is 280 g/mol. The minimum atomic E-state index is -0.471. The van der Waals surface area contributed by atoms with E-state index < -0.39 is 5.43 Å². The van der Waals surface area contributed by atoms with Crippen LogP contribution in [0.25, 0.3) is 5.82 Å². The van der Waals surface area contributed by atoms with Crippen LogP contribution in [0.3, 0.4) is 0 Å². The summed E-state index contributed by atoms with van der Waals surface area (Å²) in [5.74, 6) is -0.0784. The second-order valence-corrected chi connectivity index (χ2v) is 4.67. The first-order valence-corrected chi connectivity index (χ1v) is 6.42. The number of hydrogen-bond donors (Lipinski definition) is 1. The van der Waals surface area contributed by atoms with E-state index in [0.29, 0.717) is 11.5 Å². The molecule has 21 heavy (non-hydrogen) atoms. The highest BCUT2D eigenvalue weighted by Gasteiger charge is 2.16. The molecule has 1 aromatic carbocycles. The van der Waals surface area contributed by atoms with Gasteiger partial charge in [-0.05, 0) is 5.56 Å². The Kier molecular flexibility index (Phi) is 3.23. The zero-order chi connectivity index (χ0) is 14.8. The summed E-state index contributed by atoms with van der Waals surface area (Å²) in [5.41, 5.74) is 1.07. The first-order chi connectivity index (χ1) is 10.1. The van der Waals surface area contributed by atoms with Crippen molar-refractivity contribution in [1.29, 1.82) is 0 Å². The summed E-state index contributed by atoms with van der Waals surface area (Å²) < 4.78 is 1.46. The van der Waals surface area contributed by atoms with Gasteiger partial charge >= 0.3 is 0 Å². The third-order valence-corrected chi connectivity index (χ3v) is 3.15. The Labute approximate surface area is 120 Å². The maximum absolute atomic E-state index is 11.9. The molecule has 0 bridgehead atoms. The normalized spacial score (nSPS) is 14.6. The summed E-state index contributed by atoms with van der Waals surface area (Å²) in [6.07, 6.45) is 4.35. The lowest BCUT2D eigenvalue weighted by atomic mass is 10.0. The molecule has 0 radical (unpaired) electrons. The largest absolute Gasteiger partial charge is 0.503 e. The van der Waals surface area contributed by atoms with E-state index in [1.54, 1.807) is 0 Å². The van der Waals surface area contributed by atoms with E-state index in [1.165, 1.54) is 29.1 Å². The van der Waals surface area contributed by atoms with Crippen LogP contribution in [0.15, 0.2) is 64.7 Å². The van der Waals surface area contributed by atoms with Gasteiger partial charge in [0.1, 0.15) is 5.82 Å². The van der Waals surface area contributed by atoms with Gasteiger partial charge in [0.05, 0.1) is 18.3 Å². The smallest absolute Gasteiger partial charge is 0.223 e. The number of hydrogen-bond acceptors (Lipinski definition) is 4. The molecule has 1 aliphatic rings. The second-order valence-electron chi connectivity index (χ2n) is 4.67. The van der Waals surface area contributed by atoms with E-state index in [1.807, 2.05) is 30.3 Å². The fourth-order valence-electron chi connectivity index (χ4n) is 2.11. The van der Waals surface area contributed by atoms with Crippen molar-refractivity contribution in [2.24, 2.45) is 4.99 Å². The number of rotatable bonds is 2. The SMILES string of the molecule is O=C1C=C(n2ccc(=O)c(O)c2)N=C(c2ccccc2)C1. The van der Waals surface area contributed by atoms with Crippen molar-refractivity contribution < 1.29 is 9.90 Å². The van der Waals surface area contributed by atoms with Crippen molar-refractivity contribution in [3.8, 4) is 5.75 Å². The molecule has 0 saturated heterocycles. The van der Waals surface area contributed by atoms with Crippen molar-refractivity contribution in [3.05, 3.63) is 70.7 Å². The molecular formula is C16H12N2O3. The van der Waals surface area contributed by atoms with Crippen molar-refractivity contribution in [3.63, 3.8) is 0 Å². The predicted molar refractivity (Wildman–Crippen MR) is 79.2 cm³/mol. The molecule has 0 amide bonds. The molecule has 5 heteroatoms. The van der Waals surface area contributed by atoms with Gasteiger partial charge in [-0.1, -0.05) is 30.3 Å². The van der Waals surface area contributed by atoms with E-state index in [4.69, 9.17) is 0 Å². The number of ketones is 1. The zero-order valence-corrected chi connectivity index (χ0v) is 11.1. The molecule has 1 aromatic heterocycles. The lowest BCUT2D eigenvalue weighted by Crippen LogP contribution is -2.15. The van der Waals surface area contributed by atoms with Crippen LogP contribution >= 0.6 is 0 Å². The van der Waals surface area contributed by atoms with Gasteiger partial charge in [-0.15, -0.1) is 0 Å². The standard InChI is InChI=1S/C16H12N2O3/c19-12-8-13(11-4-2-1-3-5-11)17-16(9-12)18-7-6-14(20)15(21)10-18/h1-7,9-10,21H,8H2. The Morgan fingerprint density at radius 2 is 1.86 bits per heavy atom. The van der Waals surface area contributed by atoms with Crippen LogP contribution < -0.4 is 5.43 Å². The first-order valence-electron chi connectivity index (χ1n) is 6.42. The van der Waals surface area contributed by atoms with Crippen LogP contribution in [-0.2, 0) is 4.79 Å². The first kappa shape index (κ1) is 13.1. The zero-order valence-electron chi connectivity index (χ0n) is 11.1. The summed E-state index contributed by atoms with van der Waals surface area (Å²) >= 11 is 0. The third kappa shape index (κ3) is 2.67. The molecule has 0 unspecified atom stereocenters. The lowest BCUT2D eigenvalue weighted by molar-refractivity contribution is -0.113. The molecule has 3 rings (SSSR count). The van der Waals surface area contributed by atoms with Gasteiger partial charge in [0.25, 0.3) is 0 Å². The van der Waals surface area contributed by atoms with E-state index >= 15 is 0 Å². The molecular weight excluding hydrogens is 268 g/mol. The molecule has 1 N–H and O–H groups in total. The molecule has 0 saturated carbocycles. The Balaban J connectivity index is 2.05. The molecule has 0 aliphatic carbocycles. The summed E-state index contributed by atoms with van der Waals surface area (Å²) in [4.78, 5) is 27.6. The van der Waals surface area contributed by atoms with E-state index in [9.17, 15) is 14.7 Å². The fourth-order valence-corrected chi connectivity index (χ4v) is 2.11. The minimum absolute atomic E-state index is 0.0722. The Bertz CT molecular complexity index is 817. The van der Waals surface area contributed by atoms with Crippen LogP contribution in [0.5, 0.6) is 5.75 Å². The van der Waals surface area contributed by atoms with Crippen LogP contribution in [0.4, 0.5) is 0 Å². The molecule has 2 heterocycles. The summed E-state index contributed by atoms with van der Waals surface area (Å²) in [7, 11) is 0. The maximum atomic E-state index is 11.9. The lowest BCUT2D eigenvalue weighted by Gasteiger charge is -2.14. The predicted octanol–water partition coefficient (Wildman–Crippen LogP) is 1.81. The van der Waals surface area contributed by atoms with Crippen LogP contribution in [0, 0.1) is 0 Å². The number of aromatic nitrogens is 1. The Hall–Kier alpha value is -2.95. The van der Waals surface area contributed by atoms with Gasteiger partial charge in [-0.25, -0.2) is 4.99 Å². The van der Waals surface area contributed by atoms with Crippen molar-refractivity contribution in [2.75, 3.05) is 0 Å². The van der Waals surface area contributed by atoms with Gasteiger partial charge < -0.3 is 9.67 Å². The average Bonchev–Trinajstić information content (AvgIpc) is 2.50. The van der Waals surface area contributed by atoms with Gasteiger partial charge in [-0.3, -0.25) is 9.59 Å². The molecule has 0 atom stereocenters. The summed E-state index contributed by atoms with van der Waals surface area (Å²) in [6.45, 7) is 0. The van der Waals surface area contributed by atoms with Crippen LogP contribution in [-0.4, -0.2) is 21.2 Å². The molecule has 2 aromatic rings. The topological polar surface area (TPSA) is 71.7 Å². The molecule has 0 fully saturated rings. The second kappa shape index (κ2) is 5.20. The molecule has 1 aliphatic heterocycles. The summed E-state index contributed by atoms with van der Waals surface area (Å²) in [5, 5.41) is 9.49. The van der Waals surface area contributed by atoms with Crippen molar-refractivity contribution in [2.45, 2.75) is 6.42 Å². The number of benzene rings is 1. The minimum Gasteiger partial charge on any atom is -0.503 e. The number of nitrogens with zero attached hydrogens (tertiary/aromatic N) is 2. The quantitative estimate of drug-likeness (QED) is 0.912. The van der Waals surface area contributed by atoms with Crippen molar-refractivity contribution in [1.82, 2.24) is 4.57 Å². The van der Waals surface area contributed by atoms with Gasteiger partial charge in [0.15, 0.2) is 11.5 Å². The van der Waals surface area contributed by atoms with Crippen LogP contribution in [0.2, 0.25) is 0 Å². The number of pyridine rings is 1. The van der Waals surface area contributed by atoms with Crippen molar-refractivity contribution >= 4 is 17.3 Å². The van der Waals surface area contributed by atoms with Gasteiger partial charge in [-0.2, -0.15) is 0 Å². The highest BCUT2D eigenvalue weighted by atomic mass is 16.3. The van der Waals surface area contributed by atoms with E-state index in [0.717, 1.165) is 5.56 Å². The van der Waals surface area contributed by atoms with E-state index in [-0.39, 0.29) is 18.0 Å². The number of allylic oxidation sites excluding steroid dienone is 1. The fraction of sp³-hybridized carbons (Fsp3) is 0.0625. The number of carbonyl (C=O) groups is 1. The molecule has 104 valence electrons. The molecule has 5 nitrogen and oxygen atoms in total. The highest BCUT2D eigenvalue weighted by Crippen LogP contribution is 2.18. The monoisotopic (exact) mass is 280 g/mol. The van der Waals surface area contributed by atoms with Crippen LogP contribution in [0.1, 0.15) is 12.0 Å². The number of aromatic hydroxyl groups is 1. The number of carbonyl (C=O) groups excluding carboxylic acids is 1. The highest BCUT2D eigenvalue weighted by molar-refractivity contribution is 6.18. The Morgan fingerprint density at radius 1 is 1.10 bits per heavy atom. The Morgan fingerprint density at radius 3 is 2.57 bits per heavy atom. The third-order valence-electron chi connectivity index (χ3n) is 3.15. The van der Waals surface area contributed by atoms with Gasteiger partial charge in [0, 0.05) is 18.3 Å². The maximum Gasteiger partial charge on any atom is 0.223 e.